The Morgan fingerprint density at radius 3 is 1.41 bits per heavy atom. The Labute approximate surface area is 270 Å². The summed E-state index contributed by atoms with van der Waals surface area (Å²) >= 11 is 0. The van der Waals surface area contributed by atoms with Gasteiger partial charge in [-0.15, -0.1) is 0 Å². The van der Waals surface area contributed by atoms with E-state index in [0.29, 0.717) is 13.0 Å². The summed E-state index contributed by atoms with van der Waals surface area (Å²) in [5, 5.41) is 23.4. The summed E-state index contributed by atoms with van der Waals surface area (Å²) in [5.41, 5.74) is 3.25. The van der Waals surface area contributed by atoms with E-state index in [0.717, 1.165) is 32.7 Å². The molecular weight excluding hydrogens is 576 g/mol. The van der Waals surface area contributed by atoms with Gasteiger partial charge in [0.1, 0.15) is 0 Å². The van der Waals surface area contributed by atoms with Crippen molar-refractivity contribution < 1.29 is 29.2 Å². The number of aliphatic carboxylic acids is 1. The van der Waals surface area contributed by atoms with Gasteiger partial charge in [0, 0.05) is 6.61 Å². The summed E-state index contributed by atoms with van der Waals surface area (Å²) in [5.74, 6) is -0.958. The molecule has 0 saturated heterocycles. The van der Waals surface area contributed by atoms with Crippen molar-refractivity contribution in [1.82, 2.24) is 0 Å². The first-order valence-corrected chi connectivity index (χ1v) is 14.9. The zero-order valence-corrected chi connectivity index (χ0v) is 26.5. The molecule has 6 rings (SSSR count). The fourth-order valence-corrected chi connectivity index (χ4v) is 4.81. The summed E-state index contributed by atoms with van der Waals surface area (Å²) in [7, 11) is 0. The van der Waals surface area contributed by atoms with Crippen LogP contribution in [0, 0.1) is 13.6 Å². The Morgan fingerprint density at radius 1 is 0.609 bits per heavy atom. The first-order valence-electron chi connectivity index (χ1n) is 14.9. The van der Waals surface area contributed by atoms with Crippen LogP contribution < -0.4 is 0 Å². The second kappa shape index (κ2) is 20.7. The van der Waals surface area contributed by atoms with Crippen molar-refractivity contribution in [3.63, 3.8) is 0 Å². The predicted molar refractivity (Wildman–Crippen MR) is 185 cm³/mol. The van der Waals surface area contributed by atoms with Crippen molar-refractivity contribution in [2.75, 3.05) is 13.2 Å². The molecule has 0 fully saturated rings. The van der Waals surface area contributed by atoms with Crippen molar-refractivity contribution >= 4 is 44.3 Å². The van der Waals surface area contributed by atoms with E-state index in [2.05, 4.69) is 56.0 Å². The minimum atomic E-state index is -0.790. The van der Waals surface area contributed by atoms with E-state index in [1.165, 1.54) is 16.3 Å². The second-order valence-electron chi connectivity index (χ2n) is 9.94. The summed E-state index contributed by atoms with van der Waals surface area (Å²) < 4.78 is 12.5. The molecule has 0 aliphatic carbocycles. The minimum absolute atomic E-state index is 0.0847. The average Bonchev–Trinajstić information content (AvgIpc) is 3.07. The third kappa shape index (κ3) is 11.7. The maximum atomic E-state index is 11.4. The van der Waals surface area contributed by atoms with E-state index in [-0.39, 0.29) is 19.0 Å². The van der Waals surface area contributed by atoms with Gasteiger partial charge in [0.15, 0.2) is 0 Å². The number of esters is 1. The fourth-order valence-electron chi connectivity index (χ4n) is 4.81. The molecule has 0 atom stereocenters. The number of benzene rings is 6. The van der Waals surface area contributed by atoms with Gasteiger partial charge in [-0.1, -0.05) is 127 Å². The van der Waals surface area contributed by atoms with Gasteiger partial charge in [-0.05, 0) is 69.8 Å². The number of carbonyl (C=O) groups excluding carboxylic acids is 1. The molecule has 6 nitrogen and oxygen atoms in total. The molecule has 0 unspecified atom stereocenters. The zero-order valence-electron chi connectivity index (χ0n) is 26.5. The van der Waals surface area contributed by atoms with Crippen molar-refractivity contribution in [1.29, 1.82) is 0 Å². The first kappa shape index (κ1) is 36.9. The Balaban J connectivity index is 0.000000227. The average molecular weight is 617 g/mol. The quantitative estimate of drug-likeness (QED) is 0.115. The molecule has 0 spiro atoms. The molecule has 0 amide bonds. The number of carbonyl (C=O) groups is 2. The van der Waals surface area contributed by atoms with Gasteiger partial charge in [-0.25, -0.2) is 0 Å². The van der Waals surface area contributed by atoms with Crippen LogP contribution in [0.5, 0.6) is 0 Å². The van der Waals surface area contributed by atoms with Crippen LogP contribution in [0.3, 0.4) is 0 Å². The number of aryl methyl sites for hydroxylation is 1. The van der Waals surface area contributed by atoms with Gasteiger partial charge >= 0.3 is 23.2 Å². The van der Waals surface area contributed by atoms with Gasteiger partial charge < -0.3 is 14.9 Å². The number of ether oxygens (including phenoxy) is 1. The molecular formula is C40H40O6. The molecule has 6 aromatic rings. The van der Waals surface area contributed by atoms with Crippen molar-refractivity contribution in [3.8, 4) is 0 Å². The standard InChI is InChI=1S/C14H14O2.C12H10O2.C11H10.C2H6O.CO/c1-2-16-14(15)10-12-8-5-7-11-6-3-4-9-13(11)12;13-12(14)8-10-6-3-5-9-4-1-2-7-11(9)10;1-9-5-4-7-10-6-2-3-8-11(9)10;1-2-3;1-2/h3-9H,2,10H2,1H3;1-7H,8H2,(H,13,14);2-8H,1H3;3H,2H2,1H3;. The van der Waals surface area contributed by atoms with Crippen molar-refractivity contribution in [3.05, 3.63) is 151 Å². The third-order valence-electron chi connectivity index (χ3n) is 6.75. The Hall–Kier alpha value is -5.26. The number of fused-ring (bicyclic) bond motifs is 3. The number of carboxylic acid groups (broad SMARTS) is 1. The van der Waals surface area contributed by atoms with Gasteiger partial charge in [-0.2, -0.15) is 0 Å². The van der Waals surface area contributed by atoms with E-state index in [9.17, 15) is 9.59 Å². The number of hydrogen-bond donors (Lipinski definition) is 2. The van der Waals surface area contributed by atoms with Crippen LogP contribution in [0.2, 0.25) is 0 Å². The monoisotopic (exact) mass is 616 g/mol. The van der Waals surface area contributed by atoms with Gasteiger partial charge in [0.2, 0.25) is 0 Å². The number of carboxylic acids is 1. The summed E-state index contributed by atoms with van der Waals surface area (Å²) in [6.45, 7) is 10.8. The van der Waals surface area contributed by atoms with E-state index in [1.54, 1.807) is 6.92 Å². The maximum absolute atomic E-state index is 11.4. The summed E-state index contributed by atoms with van der Waals surface area (Å²) in [6.07, 6.45) is 0.427. The van der Waals surface area contributed by atoms with Crippen molar-refractivity contribution in [2.24, 2.45) is 0 Å². The van der Waals surface area contributed by atoms with Crippen LogP contribution in [-0.2, 0) is 31.8 Å². The van der Waals surface area contributed by atoms with Crippen LogP contribution >= 0.6 is 0 Å². The van der Waals surface area contributed by atoms with E-state index in [1.807, 2.05) is 91.9 Å². The fraction of sp³-hybridized carbons (Fsp3) is 0.175. The Bertz CT molecular complexity index is 1820. The second-order valence-corrected chi connectivity index (χ2v) is 9.94. The van der Waals surface area contributed by atoms with Gasteiger partial charge in [0.25, 0.3) is 0 Å². The molecule has 6 heteroatoms. The molecule has 46 heavy (non-hydrogen) atoms. The van der Waals surface area contributed by atoms with Crippen LogP contribution in [0.25, 0.3) is 32.3 Å². The Kier molecular flexibility index (Phi) is 16.6. The molecule has 236 valence electrons. The SMILES string of the molecule is CCO.CCOC(=O)Cc1cccc2ccccc12.Cc1cccc2ccccc12.O=C(O)Cc1cccc2ccccc12.[C-]#[O+]. The van der Waals surface area contributed by atoms with Crippen LogP contribution in [-0.4, -0.2) is 35.4 Å². The van der Waals surface area contributed by atoms with Crippen LogP contribution in [0.4, 0.5) is 0 Å². The molecule has 0 radical (unpaired) electrons. The summed E-state index contributed by atoms with van der Waals surface area (Å²) in [6, 6.07) is 42.4. The Morgan fingerprint density at radius 2 is 0.978 bits per heavy atom. The predicted octanol–water partition coefficient (Wildman–Crippen LogP) is 8.52. The molecule has 0 saturated carbocycles. The zero-order chi connectivity index (χ0) is 33.7. The normalized spacial score (nSPS) is 9.61. The topological polar surface area (TPSA) is 104 Å². The van der Waals surface area contributed by atoms with Gasteiger partial charge in [-0.3, -0.25) is 9.59 Å². The van der Waals surface area contributed by atoms with E-state index in [4.69, 9.17) is 19.6 Å². The van der Waals surface area contributed by atoms with E-state index < -0.39 is 5.97 Å². The van der Waals surface area contributed by atoms with Crippen LogP contribution in [0.1, 0.15) is 30.5 Å². The number of aliphatic hydroxyl groups is 1. The molecule has 2 N–H and O–H groups in total. The number of aliphatic hydroxyl groups excluding tert-OH is 1. The molecule has 0 aliphatic heterocycles. The molecule has 0 aliphatic rings. The number of hydrogen-bond acceptors (Lipinski definition) is 4. The molecule has 6 aromatic carbocycles. The molecule has 0 bridgehead atoms. The van der Waals surface area contributed by atoms with Gasteiger partial charge in [0.05, 0.1) is 19.4 Å². The number of rotatable bonds is 5. The third-order valence-corrected chi connectivity index (χ3v) is 6.75. The molecule has 0 heterocycles. The van der Waals surface area contributed by atoms with E-state index >= 15 is 0 Å². The van der Waals surface area contributed by atoms with Crippen LogP contribution in [0.15, 0.2) is 127 Å². The van der Waals surface area contributed by atoms with Crippen molar-refractivity contribution in [2.45, 2.75) is 33.6 Å². The summed E-state index contributed by atoms with van der Waals surface area (Å²) in [4.78, 5) is 22.0. The molecule has 0 aromatic heterocycles. The first-order chi connectivity index (χ1) is 22.4.